The minimum absolute atomic E-state index is 0.0160. The highest BCUT2D eigenvalue weighted by Crippen LogP contribution is 2.51. The molecule has 2 atom stereocenters. The van der Waals surface area contributed by atoms with E-state index in [0.717, 1.165) is 0 Å². The van der Waals surface area contributed by atoms with Gasteiger partial charge in [0.05, 0.1) is 5.02 Å². The molecule has 33 heavy (non-hydrogen) atoms. The van der Waals surface area contributed by atoms with Gasteiger partial charge in [0.1, 0.15) is 5.82 Å². The molecule has 0 aromatic heterocycles. The average Bonchev–Trinajstić information content (AvgIpc) is 2.76. The summed E-state index contributed by atoms with van der Waals surface area (Å²) in [7, 11) is 0. The molecule has 2 aliphatic heterocycles. The largest absolute Gasteiger partial charge is 0.404 e. The van der Waals surface area contributed by atoms with Gasteiger partial charge in [-0.15, -0.1) is 0 Å². The molecule has 2 unspecified atom stereocenters. The van der Waals surface area contributed by atoms with Gasteiger partial charge in [-0.05, 0) is 35.4 Å². The van der Waals surface area contributed by atoms with E-state index >= 15 is 0 Å². The van der Waals surface area contributed by atoms with Crippen molar-refractivity contribution in [2.45, 2.75) is 37.3 Å². The number of hydrogen-bond acceptors (Lipinski definition) is 2. The highest BCUT2D eigenvalue weighted by atomic mass is 35.5. The molecule has 0 radical (unpaired) electrons. The summed E-state index contributed by atoms with van der Waals surface area (Å²) < 4.78 is 55.6. The molecule has 0 saturated carbocycles. The van der Waals surface area contributed by atoms with Gasteiger partial charge in [0.15, 0.2) is 5.92 Å². The minimum Gasteiger partial charge on any atom is -0.355 e. The summed E-state index contributed by atoms with van der Waals surface area (Å²) in [6.45, 7) is 0.412. The van der Waals surface area contributed by atoms with E-state index in [4.69, 9.17) is 11.6 Å². The molecule has 2 aromatic rings. The molecule has 2 aromatic carbocycles. The third kappa shape index (κ3) is 4.58. The minimum atomic E-state index is -4.73. The van der Waals surface area contributed by atoms with Crippen LogP contribution in [-0.4, -0.2) is 42.5 Å². The zero-order valence-electron chi connectivity index (χ0n) is 17.7. The number of hydrogen-bond donors (Lipinski definition) is 1. The predicted octanol–water partition coefficient (Wildman–Crippen LogP) is 5.04. The lowest BCUT2D eigenvalue weighted by Gasteiger charge is -2.49. The molecule has 1 spiro atoms. The Morgan fingerprint density at radius 3 is 2.39 bits per heavy atom. The van der Waals surface area contributed by atoms with Gasteiger partial charge in [0.25, 0.3) is 0 Å². The molecule has 2 saturated heterocycles. The van der Waals surface area contributed by atoms with E-state index in [1.165, 1.54) is 35.2 Å². The van der Waals surface area contributed by atoms with Crippen molar-refractivity contribution in [1.82, 2.24) is 10.2 Å². The Hall–Kier alpha value is -2.61. The molecule has 2 amide bonds. The predicted molar refractivity (Wildman–Crippen MR) is 115 cm³/mol. The lowest BCUT2D eigenvalue weighted by atomic mass is 9.62. The topological polar surface area (TPSA) is 49.4 Å². The summed E-state index contributed by atoms with van der Waals surface area (Å²) in [5.41, 5.74) is -0.151. The number of piperidine rings is 2. The fourth-order valence-corrected chi connectivity index (χ4v) is 5.42. The highest BCUT2D eigenvalue weighted by molar-refractivity contribution is 6.31. The number of carbonyl (C=O) groups is 2. The van der Waals surface area contributed by atoms with Crippen LogP contribution in [0.1, 0.15) is 42.2 Å². The molecule has 2 aliphatic rings. The quantitative estimate of drug-likeness (QED) is 0.623. The first-order valence-corrected chi connectivity index (χ1v) is 11.1. The van der Waals surface area contributed by atoms with Crippen LogP contribution in [0, 0.1) is 11.2 Å². The molecule has 1 N–H and O–H groups in total. The standard InChI is InChI=1S/C24H23ClF4N2O2/c25-21-16(7-4-8-18(21)26)17-14-30-19(32)13-23(17)9-11-31(12-10-23)22(33)20(24(27,28)29)15-5-2-1-3-6-15/h1-8,17,20H,9-14H2,(H,30,32). The fraction of sp³-hybridized carbons (Fsp3) is 0.417. The molecule has 4 rings (SSSR count). The number of nitrogens with zero attached hydrogens (tertiary/aromatic N) is 1. The Balaban J connectivity index is 1.58. The molecule has 0 bridgehead atoms. The van der Waals surface area contributed by atoms with Crippen LogP contribution in [-0.2, 0) is 9.59 Å². The summed E-state index contributed by atoms with van der Waals surface area (Å²) >= 11 is 6.23. The van der Waals surface area contributed by atoms with Crippen LogP contribution in [0.2, 0.25) is 5.02 Å². The maximum absolute atomic E-state index is 14.1. The summed E-state index contributed by atoms with van der Waals surface area (Å²) in [6.07, 6.45) is -3.93. The van der Waals surface area contributed by atoms with Gasteiger partial charge in [-0.2, -0.15) is 13.2 Å². The second kappa shape index (κ2) is 8.97. The first kappa shape index (κ1) is 23.5. The number of likely N-dealkylation sites (tertiary alicyclic amines) is 1. The van der Waals surface area contributed by atoms with Crippen LogP contribution in [0.25, 0.3) is 0 Å². The lowest BCUT2D eigenvalue weighted by Crippen LogP contribution is -2.54. The molecule has 176 valence electrons. The third-order valence-electron chi connectivity index (χ3n) is 6.89. The van der Waals surface area contributed by atoms with Crippen LogP contribution in [0.3, 0.4) is 0 Å². The molecule has 2 heterocycles. The summed E-state index contributed by atoms with van der Waals surface area (Å²) in [4.78, 5) is 26.5. The van der Waals surface area contributed by atoms with E-state index in [1.54, 1.807) is 18.2 Å². The van der Waals surface area contributed by atoms with Crippen molar-refractivity contribution >= 4 is 23.4 Å². The number of amides is 2. The van der Waals surface area contributed by atoms with Crippen molar-refractivity contribution in [3.8, 4) is 0 Å². The van der Waals surface area contributed by atoms with Crippen LogP contribution < -0.4 is 5.32 Å². The molecule has 4 nitrogen and oxygen atoms in total. The Labute approximate surface area is 193 Å². The van der Waals surface area contributed by atoms with Gasteiger partial charge in [-0.25, -0.2) is 4.39 Å². The first-order chi connectivity index (χ1) is 15.6. The van der Waals surface area contributed by atoms with Crippen LogP contribution in [0.4, 0.5) is 17.6 Å². The van der Waals surface area contributed by atoms with Crippen molar-refractivity contribution < 1.29 is 27.2 Å². The van der Waals surface area contributed by atoms with Crippen LogP contribution >= 0.6 is 11.6 Å². The van der Waals surface area contributed by atoms with E-state index < -0.39 is 29.2 Å². The summed E-state index contributed by atoms with van der Waals surface area (Å²) in [5.74, 6) is -4.27. The van der Waals surface area contributed by atoms with E-state index in [-0.39, 0.29) is 48.5 Å². The average molecular weight is 483 g/mol. The summed E-state index contributed by atoms with van der Waals surface area (Å²) in [6, 6.07) is 11.7. The van der Waals surface area contributed by atoms with Gasteiger partial charge >= 0.3 is 6.18 Å². The normalized spacial score (nSPS) is 21.5. The van der Waals surface area contributed by atoms with Crippen molar-refractivity contribution in [1.29, 1.82) is 0 Å². The van der Waals surface area contributed by atoms with E-state index in [0.29, 0.717) is 18.4 Å². The van der Waals surface area contributed by atoms with E-state index in [1.807, 2.05) is 0 Å². The van der Waals surface area contributed by atoms with E-state index in [2.05, 4.69) is 5.32 Å². The zero-order chi connectivity index (χ0) is 23.8. The number of alkyl halides is 3. The highest BCUT2D eigenvalue weighted by Gasteiger charge is 2.51. The Morgan fingerprint density at radius 2 is 1.76 bits per heavy atom. The molecule has 9 heteroatoms. The van der Waals surface area contributed by atoms with Crippen molar-refractivity contribution in [2.24, 2.45) is 5.41 Å². The zero-order valence-corrected chi connectivity index (χ0v) is 18.4. The maximum Gasteiger partial charge on any atom is 0.404 e. The van der Waals surface area contributed by atoms with Crippen molar-refractivity contribution in [3.05, 3.63) is 70.5 Å². The SMILES string of the molecule is O=C1CC2(CCN(C(=O)C(c3ccccc3)C(F)(F)F)CC2)C(c2cccc(F)c2Cl)CN1. The number of benzene rings is 2. The van der Waals surface area contributed by atoms with Gasteiger partial charge < -0.3 is 10.2 Å². The number of halogens is 5. The summed E-state index contributed by atoms with van der Waals surface area (Å²) in [5, 5.41) is 2.78. The first-order valence-electron chi connectivity index (χ1n) is 10.7. The second-order valence-corrected chi connectivity index (χ2v) is 9.13. The molecule has 2 fully saturated rings. The van der Waals surface area contributed by atoms with Gasteiger partial charge in [-0.1, -0.05) is 54.1 Å². The number of rotatable bonds is 3. The van der Waals surface area contributed by atoms with Crippen LogP contribution in [0.5, 0.6) is 0 Å². The molecule has 0 aliphatic carbocycles. The maximum atomic E-state index is 14.1. The van der Waals surface area contributed by atoms with Gasteiger partial charge in [0, 0.05) is 32.0 Å². The number of carbonyl (C=O) groups excluding carboxylic acids is 2. The van der Waals surface area contributed by atoms with Crippen molar-refractivity contribution in [3.63, 3.8) is 0 Å². The molecular formula is C24H23ClF4N2O2. The van der Waals surface area contributed by atoms with Gasteiger partial charge in [0.2, 0.25) is 11.8 Å². The van der Waals surface area contributed by atoms with E-state index in [9.17, 15) is 27.2 Å². The second-order valence-electron chi connectivity index (χ2n) is 8.75. The lowest BCUT2D eigenvalue weighted by molar-refractivity contribution is -0.173. The van der Waals surface area contributed by atoms with Gasteiger partial charge in [-0.3, -0.25) is 9.59 Å². The fourth-order valence-electron chi connectivity index (χ4n) is 5.16. The smallest absolute Gasteiger partial charge is 0.355 e. The Kier molecular flexibility index (Phi) is 6.40. The third-order valence-corrected chi connectivity index (χ3v) is 7.29. The Bertz CT molecular complexity index is 1040. The molecular weight excluding hydrogens is 460 g/mol. The number of nitrogens with one attached hydrogen (secondary N) is 1. The van der Waals surface area contributed by atoms with Crippen molar-refractivity contribution in [2.75, 3.05) is 19.6 Å². The Morgan fingerprint density at radius 1 is 1.09 bits per heavy atom. The van der Waals surface area contributed by atoms with Crippen LogP contribution in [0.15, 0.2) is 48.5 Å². The monoisotopic (exact) mass is 482 g/mol.